The van der Waals surface area contributed by atoms with E-state index < -0.39 is 0 Å². The van der Waals surface area contributed by atoms with Crippen LogP contribution >= 0.6 is 11.3 Å². The van der Waals surface area contributed by atoms with Gasteiger partial charge in [-0.1, -0.05) is 11.3 Å². The van der Waals surface area contributed by atoms with E-state index in [0.717, 1.165) is 17.8 Å². The second kappa shape index (κ2) is 7.62. The highest BCUT2D eigenvalue weighted by Crippen LogP contribution is 2.28. The number of hydrogen-bond acceptors (Lipinski definition) is 8. The van der Waals surface area contributed by atoms with Gasteiger partial charge in [-0.05, 0) is 19.4 Å². The van der Waals surface area contributed by atoms with Crippen molar-refractivity contribution in [1.29, 1.82) is 0 Å². The molecule has 1 aliphatic rings. The van der Waals surface area contributed by atoms with Crippen molar-refractivity contribution >= 4 is 34.3 Å². The van der Waals surface area contributed by atoms with Crippen molar-refractivity contribution in [2.75, 3.05) is 18.4 Å². The van der Waals surface area contributed by atoms with Crippen molar-refractivity contribution in [3.63, 3.8) is 0 Å². The molecule has 1 saturated heterocycles. The molecule has 0 saturated carbocycles. The van der Waals surface area contributed by atoms with E-state index in [1.165, 1.54) is 11.3 Å². The molecule has 0 aliphatic carbocycles. The molecule has 0 aromatic carbocycles. The third-order valence-corrected chi connectivity index (χ3v) is 4.90. The standard InChI is InChI=1S/C17H18N8OS/c1-11-21-14(6-15(22-11)23-17-24-20-10-27-17)12-4-5-25(8-12)16(26)3-2-13-7-18-9-19-13/h2-3,6-7,9-10,12H,4-5,8H2,1H3,(H,18,19)(H,21,22,23,24)/b3-2+/t12-/m0/s1. The van der Waals surface area contributed by atoms with Crippen LogP contribution in [-0.2, 0) is 4.79 Å². The molecular weight excluding hydrogens is 364 g/mol. The van der Waals surface area contributed by atoms with Gasteiger partial charge in [-0.2, -0.15) is 0 Å². The zero-order chi connectivity index (χ0) is 18.6. The number of amides is 1. The molecule has 1 amide bonds. The summed E-state index contributed by atoms with van der Waals surface area (Å²) in [6.07, 6.45) is 7.44. The highest BCUT2D eigenvalue weighted by Gasteiger charge is 2.27. The Bertz CT molecular complexity index is 938. The van der Waals surface area contributed by atoms with E-state index in [2.05, 4.69) is 35.5 Å². The lowest BCUT2D eigenvalue weighted by atomic mass is 10.0. The highest BCUT2D eigenvalue weighted by molar-refractivity contribution is 7.13. The molecule has 4 rings (SSSR count). The summed E-state index contributed by atoms with van der Waals surface area (Å²) in [5, 5.41) is 11.6. The van der Waals surface area contributed by atoms with E-state index in [1.807, 2.05) is 17.9 Å². The Morgan fingerprint density at radius 1 is 1.44 bits per heavy atom. The zero-order valence-electron chi connectivity index (χ0n) is 14.7. The molecule has 0 bridgehead atoms. The lowest BCUT2D eigenvalue weighted by Crippen LogP contribution is -2.26. The number of anilines is 2. The van der Waals surface area contributed by atoms with E-state index in [1.54, 1.807) is 30.2 Å². The van der Waals surface area contributed by atoms with E-state index >= 15 is 0 Å². The number of nitrogens with one attached hydrogen (secondary N) is 2. The van der Waals surface area contributed by atoms with Crippen LogP contribution in [0.4, 0.5) is 10.9 Å². The first-order chi connectivity index (χ1) is 13.2. The molecular formula is C17H18N8OS. The van der Waals surface area contributed by atoms with Gasteiger partial charge in [0, 0.05) is 31.1 Å². The van der Waals surface area contributed by atoms with Crippen molar-refractivity contribution in [2.45, 2.75) is 19.3 Å². The van der Waals surface area contributed by atoms with Gasteiger partial charge in [-0.25, -0.2) is 15.0 Å². The van der Waals surface area contributed by atoms with Crippen molar-refractivity contribution in [1.82, 2.24) is 35.0 Å². The van der Waals surface area contributed by atoms with E-state index in [-0.39, 0.29) is 11.8 Å². The number of aryl methyl sites for hydroxylation is 1. The molecule has 1 atom stereocenters. The van der Waals surface area contributed by atoms with Gasteiger partial charge < -0.3 is 15.2 Å². The summed E-state index contributed by atoms with van der Waals surface area (Å²) in [6, 6.07) is 1.92. The summed E-state index contributed by atoms with van der Waals surface area (Å²) in [5.41, 5.74) is 3.40. The van der Waals surface area contributed by atoms with Crippen molar-refractivity contribution in [3.8, 4) is 0 Å². The van der Waals surface area contributed by atoms with E-state index in [4.69, 9.17) is 0 Å². The first-order valence-electron chi connectivity index (χ1n) is 8.51. The van der Waals surface area contributed by atoms with Crippen LogP contribution in [0.1, 0.15) is 29.6 Å². The summed E-state index contributed by atoms with van der Waals surface area (Å²) >= 11 is 1.41. The minimum atomic E-state index is -0.00918. The number of hydrogen-bond donors (Lipinski definition) is 2. The fraction of sp³-hybridized carbons (Fsp3) is 0.294. The zero-order valence-corrected chi connectivity index (χ0v) is 15.5. The predicted octanol–water partition coefficient (Wildman–Crippen LogP) is 2.13. The van der Waals surface area contributed by atoms with Crippen LogP contribution < -0.4 is 5.32 Å². The van der Waals surface area contributed by atoms with Gasteiger partial charge >= 0.3 is 0 Å². The average Bonchev–Trinajstić information content (AvgIpc) is 3.40. The van der Waals surface area contributed by atoms with Crippen LogP contribution in [0.3, 0.4) is 0 Å². The molecule has 0 spiro atoms. The van der Waals surface area contributed by atoms with Crippen LogP contribution in [-0.4, -0.2) is 54.0 Å². The number of carbonyl (C=O) groups is 1. The fourth-order valence-corrected chi connectivity index (χ4v) is 3.48. The van der Waals surface area contributed by atoms with Gasteiger partial charge in [0.2, 0.25) is 11.0 Å². The maximum Gasteiger partial charge on any atom is 0.246 e. The normalized spacial score (nSPS) is 16.9. The highest BCUT2D eigenvalue weighted by atomic mass is 32.1. The van der Waals surface area contributed by atoms with Gasteiger partial charge in [0.25, 0.3) is 0 Å². The van der Waals surface area contributed by atoms with Crippen LogP contribution in [0.25, 0.3) is 6.08 Å². The monoisotopic (exact) mass is 382 g/mol. The van der Waals surface area contributed by atoms with Crippen LogP contribution in [0.15, 0.2) is 30.2 Å². The quantitative estimate of drug-likeness (QED) is 0.650. The van der Waals surface area contributed by atoms with Crippen molar-refractivity contribution in [2.24, 2.45) is 0 Å². The lowest BCUT2D eigenvalue weighted by Gasteiger charge is -2.15. The molecule has 10 heteroatoms. The van der Waals surface area contributed by atoms with E-state index in [0.29, 0.717) is 29.9 Å². The Morgan fingerprint density at radius 3 is 3.15 bits per heavy atom. The number of imidazole rings is 1. The largest absolute Gasteiger partial charge is 0.345 e. The van der Waals surface area contributed by atoms with Crippen molar-refractivity contribution in [3.05, 3.63) is 47.4 Å². The number of aromatic nitrogens is 6. The molecule has 1 fully saturated rings. The van der Waals surface area contributed by atoms with Gasteiger partial charge in [0.1, 0.15) is 17.2 Å². The third-order valence-electron chi connectivity index (χ3n) is 4.30. The van der Waals surface area contributed by atoms with Gasteiger partial charge in [-0.3, -0.25) is 4.79 Å². The van der Waals surface area contributed by atoms with E-state index in [9.17, 15) is 4.79 Å². The summed E-state index contributed by atoms with van der Waals surface area (Å²) in [6.45, 7) is 3.21. The second-order valence-corrected chi connectivity index (χ2v) is 7.04. The predicted molar refractivity (Wildman–Crippen MR) is 102 cm³/mol. The first kappa shape index (κ1) is 17.3. The molecule has 4 heterocycles. The molecule has 138 valence electrons. The summed E-state index contributed by atoms with van der Waals surface area (Å²) < 4.78 is 0. The number of nitrogens with zero attached hydrogens (tertiary/aromatic N) is 6. The summed E-state index contributed by atoms with van der Waals surface area (Å²) in [5.74, 6) is 1.55. The molecule has 27 heavy (non-hydrogen) atoms. The maximum atomic E-state index is 12.4. The summed E-state index contributed by atoms with van der Waals surface area (Å²) in [7, 11) is 0. The number of H-pyrrole nitrogens is 1. The van der Waals surface area contributed by atoms with Crippen LogP contribution in [0.5, 0.6) is 0 Å². The van der Waals surface area contributed by atoms with Gasteiger partial charge in [-0.15, -0.1) is 10.2 Å². The molecule has 3 aromatic heterocycles. The Balaban J connectivity index is 1.43. The Hall–Kier alpha value is -3.14. The molecule has 9 nitrogen and oxygen atoms in total. The minimum Gasteiger partial charge on any atom is -0.345 e. The molecule has 1 aliphatic heterocycles. The molecule has 0 radical (unpaired) electrons. The van der Waals surface area contributed by atoms with Crippen molar-refractivity contribution < 1.29 is 4.79 Å². The second-order valence-electron chi connectivity index (χ2n) is 6.20. The number of likely N-dealkylation sites (tertiary alicyclic amines) is 1. The molecule has 0 unspecified atom stereocenters. The number of carbonyl (C=O) groups excluding carboxylic acids is 1. The SMILES string of the molecule is Cc1nc(Nc2nncs2)cc([C@H]2CCN(C(=O)/C=C/c3cnc[nH]3)C2)n1. The number of rotatable bonds is 5. The molecule has 3 aromatic rings. The van der Waals surface area contributed by atoms with Crippen LogP contribution in [0, 0.1) is 6.92 Å². The Labute approximate surface area is 159 Å². The smallest absolute Gasteiger partial charge is 0.246 e. The Kier molecular flexibility index (Phi) is 4.88. The molecule has 2 N–H and O–H groups in total. The topological polar surface area (TPSA) is 113 Å². The van der Waals surface area contributed by atoms with Gasteiger partial charge in [0.15, 0.2) is 0 Å². The first-order valence-corrected chi connectivity index (χ1v) is 9.39. The minimum absolute atomic E-state index is 0.00918. The van der Waals surface area contributed by atoms with Gasteiger partial charge in [0.05, 0.1) is 23.9 Å². The maximum absolute atomic E-state index is 12.4. The summed E-state index contributed by atoms with van der Waals surface area (Å²) in [4.78, 5) is 30.1. The fourth-order valence-electron chi connectivity index (χ4n) is 3.03. The number of aromatic amines is 1. The average molecular weight is 382 g/mol. The third kappa shape index (κ3) is 4.17. The lowest BCUT2D eigenvalue weighted by molar-refractivity contribution is -0.124. The Morgan fingerprint density at radius 2 is 2.37 bits per heavy atom. The van der Waals surface area contributed by atoms with Crippen LogP contribution in [0.2, 0.25) is 0 Å².